The van der Waals surface area contributed by atoms with Gasteiger partial charge in [0.1, 0.15) is 5.01 Å². The zero-order valence-corrected chi connectivity index (χ0v) is 8.19. The molecule has 1 atom stereocenters. The van der Waals surface area contributed by atoms with E-state index >= 15 is 0 Å². The summed E-state index contributed by atoms with van der Waals surface area (Å²) in [5, 5.41) is 13.1. The first-order valence-corrected chi connectivity index (χ1v) is 4.80. The summed E-state index contributed by atoms with van der Waals surface area (Å²) in [7, 11) is 0. The van der Waals surface area contributed by atoms with Crippen LogP contribution in [0.3, 0.4) is 0 Å². The number of nitrogens with zero attached hydrogens (tertiary/aromatic N) is 1. The molecule has 0 radical (unpaired) electrons. The van der Waals surface area contributed by atoms with Crippen LogP contribution in [0.15, 0.2) is 6.20 Å². The quantitative estimate of drug-likeness (QED) is 0.735. The lowest BCUT2D eigenvalue weighted by molar-refractivity contribution is 0.191. The Morgan fingerprint density at radius 3 is 3.00 bits per heavy atom. The maximum absolute atomic E-state index is 8.96. The highest BCUT2D eigenvalue weighted by molar-refractivity contribution is 7.11. The van der Waals surface area contributed by atoms with Crippen molar-refractivity contribution in [2.45, 2.75) is 26.5 Å². The van der Waals surface area contributed by atoms with Crippen molar-refractivity contribution in [3.63, 3.8) is 0 Å². The molecule has 0 aliphatic rings. The number of thiazole rings is 1. The zero-order chi connectivity index (χ0) is 8.97. The third-order valence-corrected chi connectivity index (χ3v) is 2.30. The summed E-state index contributed by atoms with van der Waals surface area (Å²) in [6.07, 6.45) is 1.58. The molecular weight excluding hydrogens is 172 g/mol. The molecule has 1 rings (SSSR count). The third-order valence-electron chi connectivity index (χ3n) is 1.39. The van der Waals surface area contributed by atoms with E-state index < -0.39 is 0 Å². The van der Waals surface area contributed by atoms with Gasteiger partial charge in [0.2, 0.25) is 0 Å². The second kappa shape index (κ2) is 4.54. The number of nitrogens with one attached hydrogen (secondary N) is 1. The van der Waals surface area contributed by atoms with Crippen LogP contribution >= 0.6 is 11.3 Å². The summed E-state index contributed by atoms with van der Waals surface area (Å²) in [6, 6.07) is 0. The zero-order valence-electron chi connectivity index (χ0n) is 7.37. The normalized spacial score (nSPS) is 13.2. The molecule has 2 N–H and O–H groups in total. The molecule has 0 fully saturated rings. The molecule has 0 aliphatic carbocycles. The van der Waals surface area contributed by atoms with E-state index in [1.165, 1.54) is 4.88 Å². The molecule has 68 valence electrons. The Morgan fingerprint density at radius 1 is 1.75 bits per heavy atom. The van der Waals surface area contributed by atoms with E-state index in [2.05, 4.69) is 10.3 Å². The van der Waals surface area contributed by atoms with Gasteiger partial charge in [0.05, 0.1) is 6.10 Å². The predicted octanol–water partition coefficient (Wildman–Crippen LogP) is 0.922. The van der Waals surface area contributed by atoms with E-state index in [1.807, 2.05) is 13.1 Å². The average Bonchev–Trinajstić information content (AvgIpc) is 2.35. The molecule has 0 amide bonds. The van der Waals surface area contributed by atoms with E-state index in [0.717, 1.165) is 11.6 Å². The summed E-state index contributed by atoms with van der Waals surface area (Å²) in [4.78, 5) is 5.41. The highest BCUT2D eigenvalue weighted by Gasteiger charge is 1.98. The number of rotatable bonds is 4. The molecule has 1 heterocycles. The second-order valence-corrected chi connectivity index (χ2v) is 4.16. The molecule has 1 aromatic heterocycles. The highest BCUT2D eigenvalue weighted by atomic mass is 32.1. The van der Waals surface area contributed by atoms with Crippen LogP contribution < -0.4 is 5.32 Å². The van der Waals surface area contributed by atoms with Gasteiger partial charge in [-0.05, 0) is 13.8 Å². The number of hydrogen-bond donors (Lipinski definition) is 2. The van der Waals surface area contributed by atoms with Crippen molar-refractivity contribution in [2.24, 2.45) is 0 Å². The van der Waals surface area contributed by atoms with Gasteiger partial charge in [0, 0.05) is 24.2 Å². The molecule has 1 aromatic rings. The molecule has 0 aromatic carbocycles. The number of aliphatic hydroxyl groups is 1. The van der Waals surface area contributed by atoms with Crippen LogP contribution in [-0.4, -0.2) is 22.7 Å². The van der Waals surface area contributed by atoms with Gasteiger partial charge in [-0.15, -0.1) is 11.3 Å². The Labute approximate surface area is 76.5 Å². The fraction of sp³-hybridized carbons (Fsp3) is 0.625. The van der Waals surface area contributed by atoms with Gasteiger partial charge in [-0.1, -0.05) is 0 Å². The van der Waals surface area contributed by atoms with Gasteiger partial charge in [-0.2, -0.15) is 0 Å². The predicted molar refractivity (Wildman–Crippen MR) is 50.2 cm³/mol. The lowest BCUT2D eigenvalue weighted by Crippen LogP contribution is -2.23. The highest BCUT2D eigenvalue weighted by Crippen LogP contribution is 2.10. The molecule has 0 bridgehead atoms. The van der Waals surface area contributed by atoms with Gasteiger partial charge >= 0.3 is 0 Å². The maximum atomic E-state index is 8.96. The van der Waals surface area contributed by atoms with E-state index in [0.29, 0.717) is 6.54 Å². The summed E-state index contributed by atoms with van der Waals surface area (Å²) in [6.45, 7) is 5.18. The van der Waals surface area contributed by atoms with E-state index in [-0.39, 0.29) is 6.10 Å². The van der Waals surface area contributed by atoms with Gasteiger partial charge in [-0.3, -0.25) is 0 Å². The topological polar surface area (TPSA) is 45.2 Å². The fourth-order valence-corrected chi connectivity index (χ4v) is 1.63. The van der Waals surface area contributed by atoms with Crippen LogP contribution in [0.25, 0.3) is 0 Å². The monoisotopic (exact) mass is 186 g/mol. The largest absolute Gasteiger partial charge is 0.392 e. The van der Waals surface area contributed by atoms with Crippen LogP contribution in [0, 0.1) is 6.92 Å². The lowest BCUT2D eigenvalue weighted by Gasteiger charge is -2.03. The molecular formula is C8H14N2OS. The molecule has 0 spiro atoms. The summed E-state index contributed by atoms with van der Waals surface area (Å²) >= 11 is 1.68. The first kappa shape index (κ1) is 9.64. The van der Waals surface area contributed by atoms with Crippen molar-refractivity contribution >= 4 is 11.3 Å². The minimum Gasteiger partial charge on any atom is -0.392 e. The summed E-state index contributed by atoms with van der Waals surface area (Å²) < 4.78 is 0. The van der Waals surface area contributed by atoms with Gasteiger partial charge in [0.25, 0.3) is 0 Å². The molecule has 4 heteroatoms. The Bertz CT molecular complexity index is 235. The van der Waals surface area contributed by atoms with Gasteiger partial charge < -0.3 is 10.4 Å². The first-order chi connectivity index (χ1) is 5.68. The molecule has 0 saturated heterocycles. The second-order valence-electron chi connectivity index (χ2n) is 2.84. The third kappa shape index (κ3) is 3.30. The van der Waals surface area contributed by atoms with Crippen molar-refractivity contribution < 1.29 is 5.11 Å². The van der Waals surface area contributed by atoms with Crippen LogP contribution in [0.1, 0.15) is 16.8 Å². The van der Waals surface area contributed by atoms with Gasteiger partial charge in [-0.25, -0.2) is 4.98 Å². The van der Waals surface area contributed by atoms with Crippen LogP contribution in [0.5, 0.6) is 0 Å². The fourth-order valence-electron chi connectivity index (χ4n) is 0.871. The molecule has 3 nitrogen and oxygen atoms in total. The number of hydrogen-bond acceptors (Lipinski definition) is 4. The Kier molecular flexibility index (Phi) is 3.65. The van der Waals surface area contributed by atoms with Crippen LogP contribution in [0.2, 0.25) is 0 Å². The Hall–Kier alpha value is -0.450. The van der Waals surface area contributed by atoms with Crippen LogP contribution in [-0.2, 0) is 6.54 Å². The van der Waals surface area contributed by atoms with Crippen molar-refractivity contribution in [1.29, 1.82) is 0 Å². The van der Waals surface area contributed by atoms with E-state index in [9.17, 15) is 0 Å². The maximum Gasteiger partial charge on any atom is 0.107 e. The SMILES string of the molecule is Cc1cnc(CNCC(C)O)s1. The minimum atomic E-state index is -0.286. The first-order valence-electron chi connectivity index (χ1n) is 3.98. The smallest absolute Gasteiger partial charge is 0.107 e. The molecule has 12 heavy (non-hydrogen) atoms. The summed E-state index contributed by atoms with van der Waals surface area (Å²) in [5.41, 5.74) is 0. The molecule has 0 aliphatic heterocycles. The molecule has 1 unspecified atom stereocenters. The van der Waals surface area contributed by atoms with Crippen molar-refractivity contribution in [3.05, 3.63) is 16.1 Å². The standard InChI is InChI=1S/C8H14N2OS/c1-6(11)3-9-5-8-10-4-7(2)12-8/h4,6,9,11H,3,5H2,1-2H3. The van der Waals surface area contributed by atoms with E-state index in [1.54, 1.807) is 18.3 Å². The Balaban J connectivity index is 2.24. The number of aromatic nitrogens is 1. The van der Waals surface area contributed by atoms with E-state index in [4.69, 9.17) is 5.11 Å². The Morgan fingerprint density at radius 2 is 2.50 bits per heavy atom. The minimum absolute atomic E-state index is 0.286. The number of aryl methyl sites for hydroxylation is 1. The van der Waals surface area contributed by atoms with Gasteiger partial charge in [0.15, 0.2) is 0 Å². The van der Waals surface area contributed by atoms with Crippen LogP contribution in [0.4, 0.5) is 0 Å². The molecule has 0 saturated carbocycles. The lowest BCUT2D eigenvalue weighted by atomic mass is 10.4. The van der Waals surface area contributed by atoms with Crippen molar-refractivity contribution in [3.8, 4) is 0 Å². The number of aliphatic hydroxyl groups excluding tert-OH is 1. The summed E-state index contributed by atoms with van der Waals surface area (Å²) in [5.74, 6) is 0. The van der Waals surface area contributed by atoms with Crippen molar-refractivity contribution in [1.82, 2.24) is 10.3 Å². The van der Waals surface area contributed by atoms with Crippen molar-refractivity contribution in [2.75, 3.05) is 6.54 Å². The average molecular weight is 186 g/mol.